The van der Waals surface area contributed by atoms with Crippen molar-refractivity contribution >= 4 is 38.3 Å². The van der Waals surface area contributed by atoms with Crippen LogP contribution in [0.25, 0.3) is 11.3 Å². The predicted octanol–water partition coefficient (Wildman–Crippen LogP) is 5.43. The largest absolute Gasteiger partial charge is 0.493 e. The van der Waals surface area contributed by atoms with E-state index < -0.39 is 12.5 Å². The summed E-state index contributed by atoms with van der Waals surface area (Å²) in [6, 6.07) is 11.6. The molecule has 0 saturated heterocycles. The number of ether oxygens (including phenoxy) is 2. The van der Waals surface area contributed by atoms with Crippen LogP contribution in [-0.4, -0.2) is 24.6 Å². The highest BCUT2D eigenvalue weighted by Crippen LogP contribution is 2.30. The van der Waals surface area contributed by atoms with E-state index in [0.29, 0.717) is 5.13 Å². The SMILES string of the molecule is COc1cc(C(=O)Nc2nc(-c3ccc(Br)cc3)cs2)ccc1OC(F)F. The first-order valence-electron chi connectivity index (χ1n) is 7.62. The molecule has 140 valence electrons. The summed E-state index contributed by atoms with van der Waals surface area (Å²) in [7, 11) is 1.31. The zero-order valence-corrected chi connectivity index (χ0v) is 16.3. The first kappa shape index (κ1) is 19.2. The molecule has 2 aromatic carbocycles. The summed E-state index contributed by atoms with van der Waals surface area (Å²) in [5.74, 6) is -0.540. The Bertz CT molecular complexity index is 948. The Labute approximate surface area is 166 Å². The number of aromatic nitrogens is 1. The van der Waals surface area contributed by atoms with Crippen LogP contribution in [0.3, 0.4) is 0 Å². The van der Waals surface area contributed by atoms with E-state index in [4.69, 9.17) is 4.74 Å². The number of carbonyl (C=O) groups is 1. The third kappa shape index (κ3) is 4.81. The van der Waals surface area contributed by atoms with Gasteiger partial charge in [-0.05, 0) is 30.3 Å². The molecule has 0 aliphatic carbocycles. The van der Waals surface area contributed by atoms with Gasteiger partial charge in [-0.2, -0.15) is 8.78 Å². The number of halogens is 3. The fourth-order valence-corrected chi connectivity index (χ4v) is 3.23. The van der Waals surface area contributed by atoms with Gasteiger partial charge in [0.15, 0.2) is 16.6 Å². The minimum Gasteiger partial charge on any atom is -0.493 e. The number of nitrogens with one attached hydrogen (secondary N) is 1. The Morgan fingerprint density at radius 3 is 2.59 bits per heavy atom. The van der Waals surface area contributed by atoms with Crippen LogP contribution in [0.1, 0.15) is 10.4 Å². The number of rotatable bonds is 6. The van der Waals surface area contributed by atoms with Crippen molar-refractivity contribution in [2.45, 2.75) is 6.61 Å². The predicted molar refractivity (Wildman–Crippen MR) is 103 cm³/mol. The van der Waals surface area contributed by atoms with Crippen molar-refractivity contribution in [2.24, 2.45) is 0 Å². The molecular weight excluding hydrogens is 442 g/mol. The quantitative estimate of drug-likeness (QED) is 0.538. The van der Waals surface area contributed by atoms with E-state index in [-0.39, 0.29) is 17.1 Å². The Morgan fingerprint density at radius 2 is 1.93 bits per heavy atom. The van der Waals surface area contributed by atoms with Crippen molar-refractivity contribution in [2.75, 3.05) is 12.4 Å². The van der Waals surface area contributed by atoms with E-state index in [1.54, 1.807) is 0 Å². The van der Waals surface area contributed by atoms with Gasteiger partial charge in [-0.1, -0.05) is 28.1 Å². The second kappa shape index (κ2) is 8.45. The van der Waals surface area contributed by atoms with Crippen molar-refractivity contribution in [1.29, 1.82) is 0 Å². The first-order chi connectivity index (χ1) is 13.0. The molecule has 3 rings (SSSR count). The van der Waals surface area contributed by atoms with E-state index in [1.165, 1.54) is 36.6 Å². The van der Waals surface area contributed by atoms with E-state index in [9.17, 15) is 13.6 Å². The molecule has 5 nitrogen and oxygen atoms in total. The lowest BCUT2D eigenvalue weighted by Gasteiger charge is -2.11. The number of thiazole rings is 1. The van der Waals surface area contributed by atoms with Crippen LogP contribution < -0.4 is 14.8 Å². The maximum Gasteiger partial charge on any atom is 0.387 e. The highest BCUT2D eigenvalue weighted by molar-refractivity contribution is 9.10. The average Bonchev–Trinajstić information content (AvgIpc) is 3.10. The second-order valence-corrected chi connectivity index (χ2v) is 7.02. The van der Waals surface area contributed by atoms with Gasteiger partial charge in [0.2, 0.25) is 0 Å². The van der Waals surface area contributed by atoms with Crippen molar-refractivity contribution in [3.63, 3.8) is 0 Å². The number of hydrogen-bond acceptors (Lipinski definition) is 5. The molecule has 0 radical (unpaired) electrons. The molecule has 9 heteroatoms. The van der Waals surface area contributed by atoms with Crippen molar-refractivity contribution in [3.8, 4) is 22.8 Å². The fourth-order valence-electron chi connectivity index (χ4n) is 2.26. The molecule has 0 spiro atoms. The number of carbonyl (C=O) groups excluding carboxylic acids is 1. The Morgan fingerprint density at radius 1 is 1.19 bits per heavy atom. The zero-order valence-electron chi connectivity index (χ0n) is 13.9. The molecule has 0 aliphatic rings. The summed E-state index contributed by atoms with van der Waals surface area (Å²) in [4.78, 5) is 16.8. The molecular formula is C18H13BrF2N2O3S. The van der Waals surface area contributed by atoms with Crippen LogP contribution in [-0.2, 0) is 0 Å². The van der Waals surface area contributed by atoms with Gasteiger partial charge in [0.05, 0.1) is 12.8 Å². The van der Waals surface area contributed by atoms with Crippen molar-refractivity contribution in [1.82, 2.24) is 4.98 Å². The normalized spacial score (nSPS) is 10.7. The Kier molecular flexibility index (Phi) is 6.02. The number of benzene rings is 2. The summed E-state index contributed by atoms with van der Waals surface area (Å²) in [6.45, 7) is -2.98. The summed E-state index contributed by atoms with van der Waals surface area (Å²) >= 11 is 4.66. The monoisotopic (exact) mass is 454 g/mol. The number of nitrogens with zero attached hydrogens (tertiary/aromatic N) is 1. The van der Waals surface area contributed by atoms with Crippen molar-refractivity contribution < 1.29 is 23.0 Å². The van der Waals surface area contributed by atoms with E-state index in [0.717, 1.165) is 15.7 Å². The van der Waals surface area contributed by atoms with Crippen molar-refractivity contribution in [3.05, 3.63) is 57.9 Å². The van der Waals surface area contributed by atoms with Crippen LogP contribution >= 0.6 is 27.3 Å². The molecule has 1 N–H and O–H groups in total. The lowest BCUT2D eigenvalue weighted by atomic mass is 10.2. The Hall–Kier alpha value is -2.52. The van der Waals surface area contributed by atoms with Gasteiger partial charge < -0.3 is 9.47 Å². The van der Waals surface area contributed by atoms with Gasteiger partial charge in [-0.3, -0.25) is 10.1 Å². The van der Waals surface area contributed by atoms with E-state index >= 15 is 0 Å². The van der Waals surface area contributed by atoms with Gasteiger partial charge in [0.1, 0.15) is 0 Å². The highest BCUT2D eigenvalue weighted by Gasteiger charge is 2.15. The molecule has 3 aromatic rings. The molecule has 27 heavy (non-hydrogen) atoms. The zero-order chi connectivity index (χ0) is 19.4. The minimum atomic E-state index is -2.98. The highest BCUT2D eigenvalue weighted by atomic mass is 79.9. The molecule has 0 bridgehead atoms. The second-order valence-electron chi connectivity index (χ2n) is 5.24. The maximum absolute atomic E-state index is 12.4. The fraction of sp³-hybridized carbons (Fsp3) is 0.111. The number of methoxy groups -OCH3 is 1. The van der Waals surface area contributed by atoms with Gasteiger partial charge >= 0.3 is 6.61 Å². The molecule has 0 saturated carbocycles. The number of anilines is 1. The van der Waals surface area contributed by atoms with Gasteiger partial charge in [-0.15, -0.1) is 11.3 Å². The average molecular weight is 455 g/mol. The molecule has 0 fully saturated rings. The molecule has 1 aromatic heterocycles. The summed E-state index contributed by atoms with van der Waals surface area (Å²) in [5, 5.41) is 4.94. The third-order valence-electron chi connectivity index (χ3n) is 3.51. The van der Waals surface area contributed by atoms with E-state index in [2.05, 4.69) is 31.0 Å². The van der Waals surface area contributed by atoms with Crippen LogP contribution in [0.4, 0.5) is 13.9 Å². The molecule has 0 unspecified atom stereocenters. The maximum atomic E-state index is 12.4. The number of hydrogen-bond donors (Lipinski definition) is 1. The third-order valence-corrected chi connectivity index (χ3v) is 4.79. The molecule has 0 aliphatic heterocycles. The topological polar surface area (TPSA) is 60.5 Å². The summed E-state index contributed by atoms with van der Waals surface area (Å²) in [5.41, 5.74) is 1.89. The van der Waals surface area contributed by atoms with Gasteiger partial charge in [0, 0.05) is 21.0 Å². The molecule has 0 atom stereocenters. The van der Waals surface area contributed by atoms with Crippen LogP contribution in [0, 0.1) is 0 Å². The lowest BCUT2D eigenvalue weighted by Crippen LogP contribution is -2.12. The van der Waals surface area contributed by atoms with Crippen LogP contribution in [0.5, 0.6) is 11.5 Å². The lowest BCUT2D eigenvalue weighted by molar-refractivity contribution is -0.0512. The van der Waals surface area contributed by atoms with Crippen LogP contribution in [0.15, 0.2) is 52.3 Å². The van der Waals surface area contributed by atoms with Crippen LogP contribution in [0.2, 0.25) is 0 Å². The van der Waals surface area contributed by atoms with E-state index in [1.807, 2.05) is 29.6 Å². The Balaban J connectivity index is 1.75. The molecule has 1 heterocycles. The molecule has 1 amide bonds. The number of amides is 1. The van der Waals surface area contributed by atoms with Gasteiger partial charge in [0.25, 0.3) is 5.91 Å². The standard InChI is InChI=1S/C18H13BrF2N2O3S/c1-25-15-8-11(4-7-14(15)26-17(20)21)16(24)23-18-22-13(9-27-18)10-2-5-12(19)6-3-10/h2-9,17H,1H3,(H,22,23,24). The van der Waals surface area contributed by atoms with Gasteiger partial charge in [-0.25, -0.2) is 4.98 Å². The summed E-state index contributed by atoms with van der Waals surface area (Å²) in [6.07, 6.45) is 0. The smallest absolute Gasteiger partial charge is 0.387 e. The first-order valence-corrected chi connectivity index (χ1v) is 9.29. The number of alkyl halides is 2. The summed E-state index contributed by atoms with van der Waals surface area (Å²) < 4.78 is 35.1. The minimum absolute atomic E-state index is 0.0395.